The summed E-state index contributed by atoms with van der Waals surface area (Å²) in [5.74, 6) is -1.43. The molecule has 0 spiro atoms. The highest BCUT2D eigenvalue weighted by molar-refractivity contribution is 5.95. The Bertz CT molecular complexity index is 1210. The molecule has 0 aliphatic carbocycles. The molecular formula is C23H24O6. The summed E-state index contributed by atoms with van der Waals surface area (Å²) >= 11 is 0. The molecule has 152 valence electrons. The van der Waals surface area contributed by atoms with Gasteiger partial charge in [0.05, 0.1) is 5.39 Å². The topological polar surface area (TPSA) is 111 Å². The first-order chi connectivity index (χ1) is 13.7. The quantitative estimate of drug-likeness (QED) is 0.274. The van der Waals surface area contributed by atoms with E-state index in [0.717, 1.165) is 30.5 Å². The predicted molar refractivity (Wildman–Crippen MR) is 113 cm³/mol. The lowest BCUT2D eigenvalue weighted by molar-refractivity contribution is 0.404. The van der Waals surface area contributed by atoms with Crippen LogP contribution < -0.4 is 5.43 Å². The molecule has 0 aliphatic heterocycles. The molecule has 29 heavy (non-hydrogen) atoms. The number of rotatable bonds is 5. The Morgan fingerprint density at radius 1 is 0.931 bits per heavy atom. The minimum atomic E-state index is -0.556. The normalized spacial score (nSPS) is 11.9. The number of phenolic OH excluding ortho intramolecular Hbond substituents is 4. The van der Waals surface area contributed by atoms with Crippen LogP contribution >= 0.6 is 0 Å². The van der Waals surface area contributed by atoms with E-state index < -0.39 is 16.9 Å². The molecule has 4 N–H and O–H groups in total. The van der Waals surface area contributed by atoms with E-state index in [9.17, 15) is 25.2 Å². The van der Waals surface area contributed by atoms with E-state index in [1.165, 1.54) is 11.6 Å². The summed E-state index contributed by atoms with van der Waals surface area (Å²) < 4.78 is 5.57. The number of aromatic hydroxyl groups is 4. The van der Waals surface area contributed by atoms with E-state index in [1.807, 2.05) is 26.8 Å². The van der Waals surface area contributed by atoms with Crippen molar-refractivity contribution in [3.63, 3.8) is 0 Å². The maximum Gasteiger partial charge on any atom is 0.204 e. The summed E-state index contributed by atoms with van der Waals surface area (Å²) in [7, 11) is 0. The summed E-state index contributed by atoms with van der Waals surface area (Å²) in [6.45, 7) is 6.06. The molecule has 2 aromatic carbocycles. The van der Waals surface area contributed by atoms with Gasteiger partial charge in [0.15, 0.2) is 11.5 Å². The Hall–Kier alpha value is -3.41. The zero-order valence-corrected chi connectivity index (χ0v) is 16.6. The molecule has 0 saturated heterocycles. The van der Waals surface area contributed by atoms with Gasteiger partial charge in [-0.1, -0.05) is 23.3 Å². The second kappa shape index (κ2) is 7.91. The van der Waals surface area contributed by atoms with Crippen LogP contribution in [0.1, 0.15) is 39.2 Å². The Balaban J connectivity index is 2.07. The fourth-order valence-electron chi connectivity index (χ4n) is 3.21. The number of allylic oxidation sites excluding steroid dienone is 4. The molecule has 0 radical (unpaired) electrons. The van der Waals surface area contributed by atoms with Gasteiger partial charge in [-0.25, -0.2) is 0 Å². The van der Waals surface area contributed by atoms with Gasteiger partial charge in [0.2, 0.25) is 5.43 Å². The minimum absolute atomic E-state index is 0.00407. The number of benzene rings is 2. The molecule has 0 aliphatic rings. The van der Waals surface area contributed by atoms with Gasteiger partial charge in [-0.2, -0.15) is 0 Å². The van der Waals surface area contributed by atoms with Crippen molar-refractivity contribution in [3.05, 3.63) is 57.3 Å². The molecule has 3 rings (SSSR count). The number of hydrogen-bond donors (Lipinski definition) is 4. The third kappa shape index (κ3) is 4.06. The number of hydrogen-bond acceptors (Lipinski definition) is 6. The van der Waals surface area contributed by atoms with Crippen LogP contribution in [0.5, 0.6) is 23.0 Å². The van der Waals surface area contributed by atoms with Crippen molar-refractivity contribution in [1.82, 2.24) is 0 Å². The molecule has 3 aromatic rings. The Labute approximate surface area is 167 Å². The average molecular weight is 396 g/mol. The molecule has 0 fully saturated rings. The van der Waals surface area contributed by atoms with E-state index in [2.05, 4.69) is 6.08 Å². The van der Waals surface area contributed by atoms with E-state index in [1.54, 1.807) is 0 Å². The lowest BCUT2D eigenvalue weighted by Crippen LogP contribution is -2.04. The molecule has 1 aromatic heterocycles. The first kappa shape index (κ1) is 20.3. The van der Waals surface area contributed by atoms with Crippen molar-refractivity contribution in [2.75, 3.05) is 0 Å². The Morgan fingerprint density at radius 2 is 1.59 bits per heavy atom. The third-order valence-electron chi connectivity index (χ3n) is 4.86. The molecule has 6 heteroatoms. The zero-order chi connectivity index (χ0) is 21.3. The van der Waals surface area contributed by atoms with Crippen LogP contribution in [0.15, 0.2) is 50.7 Å². The highest BCUT2D eigenvalue weighted by atomic mass is 16.3. The molecule has 0 saturated carbocycles. The van der Waals surface area contributed by atoms with Gasteiger partial charge in [-0.05, 0) is 46.1 Å². The lowest BCUT2D eigenvalue weighted by Gasteiger charge is -2.10. The maximum absolute atomic E-state index is 12.9. The maximum atomic E-state index is 12.9. The van der Waals surface area contributed by atoms with Crippen molar-refractivity contribution in [2.45, 2.75) is 40.0 Å². The van der Waals surface area contributed by atoms with Crippen LogP contribution in [0, 0.1) is 0 Å². The highest BCUT2D eigenvalue weighted by Crippen LogP contribution is 2.37. The third-order valence-corrected chi connectivity index (χ3v) is 4.86. The molecule has 0 atom stereocenters. The Kier molecular flexibility index (Phi) is 5.55. The predicted octanol–water partition coefficient (Wildman–Crippen LogP) is 5.00. The van der Waals surface area contributed by atoms with Gasteiger partial charge in [0.1, 0.15) is 28.1 Å². The van der Waals surface area contributed by atoms with E-state index in [0.29, 0.717) is 0 Å². The first-order valence-corrected chi connectivity index (χ1v) is 9.34. The summed E-state index contributed by atoms with van der Waals surface area (Å²) in [5.41, 5.74) is 2.07. The molecular weight excluding hydrogens is 372 g/mol. The SMILES string of the molecule is CC(C)=CCC/C(C)=C/Cc1c(O)cc2oc3cc(O)c(O)cc3c(=O)c2c1O. The summed E-state index contributed by atoms with van der Waals surface area (Å²) in [4.78, 5) is 12.9. The fourth-order valence-corrected chi connectivity index (χ4v) is 3.21. The number of phenols is 4. The van der Waals surface area contributed by atoms with Crippen LogP contribution in [0.3, 0.4) is 0 Å². The molecule has 0 amide bonds. The standard InChI is InChI=1S/C23H24O6/c1-12(2)5-4-6-13(3)7-8-14-16(24)10-20-21(22(14)27)23(28)15-9-17(25)18(26)11-19(15)29-20/h5,7,9-11,24-27H,4,6,8H2,1-3H3/b13-7+. The van der Waals surface area contributed by atoms with Gasteiger partial charge in [-0.3, -0.25) is 4.79 Å². The van der Waals surface area contributed by atoms with Crippen LogP contribution in [0.4, 0.5) is 0 Å². The lowest BCUT2D eigenvalue weighted by atomic mass is 10.0. The van der Waals surface area contributed by atoms with Crippen molar-refractivity contribution < 1.29 is 24.8 Å². The molecule has 1 heterocycles. The molecule has 6 nitrogen and oxygen atoms in total. The van der Waals surface area contributed by atoms with Crippen LogP contribution in [-0.2, 0) is 6.42 Å². The van der Waals surface area contributed by atoms with Crippen LogP contribution in [0.2, 0.25) is 0 Å². The van der Waals surface area contributed by atoms with Crippen molar-refractivity contribution in [1.29, 1.82) is 0 Å². The van der Waals surface area contributed by atoms with E-state index in [4.69, 9.17) is 4.42 Å². The highest BCUT2D eigenvalue weighted by Gasteiger charge is 2.19. The minimum Gasteiger partial charge on any atom is -0.507 e. The summed E-state index contributed by atoms with van der Waals surface area (Å²) in [6.07, 6.45) is 6.08. The van der Waals surface area contributed by atoms with Crippen LogP contribution in [0.25, 0.3) is 21.9 Å². The second-order valence-electron chi connectivity index (χ2n) is 7.44. The second-order valence-corrected chi connectivity index (χ2v) is 7.44. The Morgan fingerprint density at radius 3 is 2.28 bits per heavy atom. The van der Waals surface area contributed by atoms with Gasteiger partial charge < -0.3 is 24.8 Å². The summed E-state index contributed by atoms with van der Waals surface area (Å²) in [6, 6.07) is 3.49. The van der Waals surface area contributed by atoms with E-state index >= 15 is 0 Å². The summed E-state index contributed by atoms with van der Waals surface area (Å²) in [5, 5.41) is 40.3. The fraction of sp³-hybridized carbons (Fsp3) is 0.261. The first-order valence-electron chi connectivity index (χ1n) is 9.34. The van der Waals surface area contributed by atoms with Gasteiger partial charge >= 0.3 is 0 Å². The molecule has 0 bridgehead atoms. The number of fused-ring (bicyclic) bond motifs is 2. The monoisotopic (exact) mass is 396 g/mol. The largest absolute Gasteiger partial charge is 0.507 e. The van der Waals surface area contributed by atoms with Crippen molar-refractivity contribution in [3.8, 4) is 23.0 Å². The van der Waals surface area contributed by atoms with Gasteiger partial charge in [0.25, 0.3) is 0 Å². The smallest absolute Gasteiger partial charge is 0.204 e. The van der Waals surface area contributed by atoms with Gasteiger partial charge in [0, 0.05) is 17.7 Å². The molecule has 0 unspecified atom stereocenters. The zero-order valence-electron chi connectivity index (χ0n) is 16.6. The van der Waals surface area contributed by atoms with Gasteiger partial charge in [-0.15, -0.1) is 0 Å². The van der Waals surface area contributed by atoms with Crippen LogP contribution in [-0.4, -0.2) is 20.4 Å². The van der Waals surface area contributed by atoms with Crippen molar-refractivity contribution >= 4 is 21.9 Å². The van der Waals surface area contributed by atoms with Crippen molar-refractivity contribution in [2.24, 2.45) is 0 Å². The van der Waals surface area contributed by atoms with E-state index in [-0.39, 0.29) is 45.4 Å². The average Bonchev–Trinajstić information content (AvgIpc) is 2.62.